The molecule has 1 spiro atoms. The molecule has 4 saturated carbocycles. The van der Waals surface area contributed by atoms with Crippen LogP contribution in [0.3, 0.4) is 0 Å². The third-order valence-electron chi connectivity index (χ3n) is 8.96. The van der Waals surface area contributed by atoms with Crippen molar-refractivity contribution in [3.05, 3.63) is 0 Å². The maximum Gasteiger partial charge on any atom is 0.101 e. The third kappa shape index (κ3) is 1.64. The molecule has 0 aromatic heterocycles. The van der Waals surface area contributed by atoms with E-state index >= 15 is 0 Å². The largest absolute Gasteiger partial charge is 0.392 e. The van der Waals surface area contributed by atoms with Crippen molar-refractivity contribution in [1.29, 1.82) is 0 Å². The van der Waals surface area contributed by atoms with Crippen molar-refractivity contribution in [2.75, 3.05) is 0 Å². The molecule has 5 heteroatoms. The summed E-state index contributed by atoms with van der Waals surface area (Å²) in [7, 11) is 0. The van der Waals surface area contributed by atoms with E-state index in [1.165, 1.54) is 0 Å². The Morgan fingerprint density at radius 2 is 1.46 bits per heavy atom. The summed E-state index contributed by atoms with van der Waals surface area (Å²) in [5.41, 5.74) is -3.61. The topological polar surface area (TPSA) is 101 Å². The van der Waals surface area contributed by atoms with E-state index in [0.717, 1.165) is 6.42 Å². The number of aliphatic hydroxyl groups is 5. The molecule has 0 aromatic rings. The lowest BCUT2D eigenvalue weighted by Gasteiger charge is -2.45. The van der Waals surface area contributed by atoms with Gasteiger partial charge < -0.3 is 25.5 Å². The summed E-state index contributed by atoms with van der Waals surface area (Å²) >= 11 is 0. The highest BCUT2D eigenvalue weighted by Crippen LogP contribution is 2.70. The Bertz CT molecular complexity index is 560. The van der Waals surface area contributed by atoms with Gasteiger partial charge in [-0.2, -0.15) is 0 Å². The van der Waals surface area contributed by atoms with Crippen LogP contribution in [0.5, 0.6) is 0 Å². The molecular weight excluding hydrogens is 308 g/mol. The second-order valence-electron chi connectivity index (χ2n) is 10.1. The summed E-state index contributed by atoms with van der Waals surface area (Å²) in [5.74, 6) is -0.118. The molecule has 0 aliphatic heterocycles. The van der Waals surface area contributed by atoms with Gasteiger partial charge >= 0.3 is 0 Å². The summed E-state index contributed by atoms with van der Waals surface area (Å²) in [5, 5.41) is 54.8. The van der Waals surface area contributed by atoms with Crippen molar-refractivity contribution in [2.45, 2.75) is 82.9 Å². The van der Waals surface area contributed by atoms with Gasteiger partial charge in [-0.05, 0) is 50.4 Å². The fraction of sp³-hybridized carbons (Fsp3) is 1.00. The Morgan fingerprint density at radius 3 is 2.04 bits per heavy atom. The standard InChI is InChI=1S/C19H32O5/c1-9-10-5-12-15(22)18(10,8-17(12,4)23)7-14(21)19(24)11(9)6-13(20)16(19,2)3/h9-15,20-24H,5-8H2,1-4H3. The van der Waals surface area contributed by atoms with Gasteiger partial charge in [0.2, 0.25) is 0 Å². The number of fused-ring (bicyclic) bond motifs is 2. The highest BCUT2D eigenvalue weighted by Gasteiger charge is 2.74. The molecule has 4 fully saturated rings. The molecule has 4 aliphatic carbocycles. The van der Waals surface area contributed by atoms with Gasteiger partial charge in [0.05, 0.1) is 23.9 Å². The molecule has 0 saturated heterocycles. The van der Waals surface area contributed by atoms with Crippen LogP contribution < -0.4 is 0 Å². The normalized spacial score (nSPS) is 64.6. The molecule has 138 valence electrons. The molecule has 10 unspecified atom stereocenters. The first-order chi connectivity index (χ1) is 10.9. The maximum absolute atomic E-state index is 11.6. The quantitative estimate of drug-likeness (QED) is 0.446. The lowest BCUT2D eigenvalue weighted by Crippen LogP contribution is -2.57. The minimum absolute atomic E-state index is 0.0827. The van der Waals surface area contributed by atoms with Crippen molar-refractivity contribution in [1.82, 2.24) is 0 Å². The molecule has 0 heterocycles. The second kappa shape index (κ2) is 4.55. The van der Waals surface area contributed by atoms with Gasteiger partial charge in [-0.3, -0.25) is 0 Å². The van der Waals surface area contributed by atoms with Crippen molar-refractivity contribution in [3.8, 4) is 0 Å². The summed E-state index contributed by atoms with van der Waals surface area (Å²) in [6.07, 6.45) is -0.320. The summed E-state index contributed by atoms with van der Waals surface area (Å²) in [6.45, 7) is 7.54. The first kappa shape index (κ1) is 17.2. The van der Waals surface area contributed by atoms with Crippen LogP contribution in [0.4, 0.5) is 0 Å². The highest BCUT2D eigenvalue weighted by molar-refractivity contribution is 5.24. The fourth-order valence-corrected chi connectivity index (χ4v) is 7.51. The number of aliphatic hydroxyl groups excluding tert-OH is 3. The lowest BCUT2D eigenvalue weighted by molar-refractivity contribution is -0.178. The average molecular weight is 340 g/mol. The summed E-state index contributed by atoms with van der Waals surface area (Å²) in [4.78, 5) is 0. The van der Waals surface area contributed by atoms with Crippen LogP contribution in [-0.4, -0.2) is 55.0 Å². The Balaban J connectivity index is 1.82. The molecule has 4 aliphatic rings. The van der Waals surface area contributed by atoms with Gasteiger partial charge in [0.15, 0.2) is 0 Å². The maximum atomic E-state index is 11.6. The Hall–Kier alpha value is -0.200. The van der Waals surface area contributed by atoms with Gasteiger partial charge in [-0.1, -0.05) is 20.8 Å². The zero-order valence-electron chi connectivity index (χ0n) is 15.1. The molecular formula is C19H32O5. The Kier molecular flexibility index (Phi) is 3.27. The zero-order valence-corrected chi connectivity index (χ0v) is 15.1. The van der Waals surface area contributed by atoms with Crippen molar-refractivity contribution < 1.29 is 25.5 Å². The molecule has 4 rings (SSSR count). The third-order valence-corrected chi connectivity index (χ3v) is 8.96. The van der Waals surface area contributed by atoms with Gasteiger partial charge in [0.25, 0.3) is 0 Å². The molecule has 5 nitrogen and oxygen atoms in total. The Morgan fingerprint density at radius 1 is 0.833 bits per heavy atom. The van der Waals surface area contributed by atoms with Crippen LogP contribution in [0.15, 0.2) is 0 Å². The molecule has 10 atom stereocenters. The van der Waals surface area contributed by atoms with E-state index in [2.05, 4.69) is 6.92 Å². The van der Waals surface area contributed by atoms with E-state index < -0.39 is 40.3 Å². The average Bonchev–Trinajstić information content (AvgIpc) is 2.89. The van der Waals surface area contributed by atoms with Crippen molar-refractivity contribution >= 4 is 0 Å². The van der Waals surface area contributed by atoms with E-state index in [4.69, 9.17) is 0 Å². The van der Waals surface area contributed by atoms with E-state index in [9.17, 15) is 25.5 Å². The summed E-state index contributed by atoms with van der Waals surface area (Å²) < 4.78 is 0. The van der Waals surface area contributed by atoms with Crippen LogP contribution in [0, 0.1) is 34.5 Å². The van der Waals surface area contributed by atoms with E-state index in [1.54, 1.807) is 6.92 Å². The predicted molar refractivity (Wildman–Crippen MR) is 87.9 cm³/mol. The molecule has 0 aromatic carbocycles. The number of hydrogen-bond acceptors (Lipinski definition) is 5. The number of rotatable bonds is 0. The SMILES string of the molecule is CC1C2CC3C(O)C2(CC(O)C2(O)C1CC(O)C2(C)C)CC3(C)O. The van der Waals surface area contributed by atoms with Crippen LogP contribution in [0.25, 0.3) is 0 Å². The Labute approximate surface area is 143 Å². The van der Waals surface area contributed by atoms with Gasteiger partial charge in [0, 0.05) is 16.7 Å². The number of hydrogen-bond donors (Lipinski definition) is 5. The van der Waals surface area contributed by atoms with Crippen LogP contribution >= 0.6 is 0 Å². The molecule has 0 amide bonds. The van der Waals surface area contributed by atoms with Crippen LogP contribution in [0.2, 0.25) is 0 Å². The molecule has 2 bridgehead atoms. The predicted octanol–water partition coefficient (Wildman–Crippen LogP) is 0.663. The van der Waals surface area contributed by atoms with Crippen molar-refractivity contribution in [2.24, 2.45) is 34.5 Å². The van der Waals surface area contributed by atoms with E-state index in [-0.39, 0.29) is 23.7 Å². The van der Waals surface area contributed by atoms with Crippen LogP contribution in [-0.2, 0) is 0 Å². The second-order valence-corrected chi connectivity index (χ2v) is 10.1. The minimum Gasteiger partial charge on any atom is -0.392 e. The van der Waals surface area contributed by atoms with Gasteiger partial charge in [0.1, 0.15) is 5.60 Å². The van der Waals surface area contributed by atoms with Gasteiger partial charge in [-0.25, -0.2) is 0 Å². The fourth-order valence-electron chi connectivity index (χ4n) is 7.51. The zero-order chi connectivity index (χ0) is 17.9. The lowest BCUT2D eigenvalue weighted by atomic mass is 9.63. The molecule has 0 radical (unpaired) electrons. The van der Waals surface area contributed by atoms with Crippen molar-refractivity contribution in [3.63, 3.8) is 0 Å². The van der Waals surface area contributed by atoms with E-state index in [0.29, 0.717) is 19.3 Å². The molecule has 5 N–H and O–H groups in total. The van der Waals surface area contributed by atoms with E-state index in [1.807, 2.05) is 13.8 Å². The minimum atomic E-state index is -1.37. The highest BCUT2D eigenvalue weighted by atomic mass is 16.4. The molecule has 24 heavy (non-hydrogen) atoms. The first-order valence-electron chi connectivity index (χ1n) is 9.38. The smallest absolute Gasteiger partial charge is 0.101 e. The first-order valence-corrected chi connectivity index (χ1v) is 9.38. The van der Waals surface area contributed by atoms with Gasteiger partial charge in [-0.15, -0.1) is 0 Å². The monoisotopic (exact) mass is 340 g/mol. The summed E-state index contributed by atoms with van der Waals surface area (Å²) in [6, 6.07) is 0. The van der Waals surface area contributed by atoms with Crippen LogP contribution in [0.1, 0.15) is 53.4 Å².